The summed E-state index contributed by atoms with van der Waals surface area (Å²) in [5.74, 6) is 5.32. The van der Waals surface area contributed by atoms with E-state index in [1.165, 1.54) is 12.1 Å². The molecule has 1 aromatic heterocycles. The number of hydrogen-bond acceptors (Lipinski definition) is 3. The molecule has 1 aromatic carbocycles. The Bertz CT molecular complexity index is 612. The highest BCUT2D eigenvalue weighted by molar-refractivity contribution is 6.31. The van der Waals surface area contributed by atoms with Gasteiger partial charge in [-0.25, -0.2) is 4.39 Å². The Labute approximate surface area is 129 Å². The third-order valence-electron chi connectivity index (χ3n) is 3.46. The second kappa shape index (κ2) is 7.02. The van der Waals surface area contributed by atoms with Crippen LogP contribution in [-0.2, 0) is 19.4 Å². The van der Waals surface area contributed by atoms with E-state index in [1.54, 1.807) is 6.07 Å². The zero-order valence-electron chi connectivity index (χ0n) is 12.2. The van der Waals surface area contributed by atoms with Crippen LogP contribution in [0.15, 0.2) is 24.3 Å². The molecule has 0 saturated heterocycles. The summed E-state index contributed by atoms with van der Waals surface area (Å²) in [5.41, 5.74) is 5.79. The summed E-state index contributed by atoms with van der Waals surface area (Å²) >= 11 is 6.07. The van der Waals surface area contributed by atoms with Crippen LogP contribution in [0.3, 0.4) is 0 Å². The zero-order valence-corrected chi connectivity index (χ0v) is 13.0. The first-order valence-corrected chi connectivity index (χ1v) is 7.34. The average Bonchev–Trinajstić information content (AvgIpc) is 2.80. The van der Waals surface area contributed by atoms with E-state index >= 15 is 0 Å². The lowest BCUT2D eigenvalue weighted by Gasteiger charge is -2.17. The normalized spacial score (nSPS) is 12.6. The number of hydrogen-bond donors (Lipinski definition) is 2. The van der Waals surface area contributed by atoms with Gasteiger partial charge in [-0.2, -0.15) is 5.10 Å². The number of aryl methyl sites for hydroxylation is 2. The Morgan fingerprint density at radius 1 is 1.38 bits per heavy atom. The van der Waals surface area contributed by atoms with E-state index in [9.17, 15) is 4.39 Å². The summed E-state index contributed by atoms with van der Waals surface area (Å²) < 4.78 is 15.0. The Morgan fingerprint density at radius 3 is 2.76 bits per heavy atom. The number of aromatic nitrogens is 2. The number of nitrogens with zero attached hydrogens (tertiary/aromatic N) is 2. The number of nitrogens with one attached hydrogen (secondary N) is 1. The summed E-state index contributed by atoms with van der Waals surface area (Å²) in [4.78, 5) is 0. The van der Waals surface area contributed by atoms with Gasteiger partial charge in [-0.15, -0.1) is 0 Å². The summed E-state index contributed by atoms with van der Waals surface area (Å²) in [7, 11) is 0. The molecule has 1 atom stereocenters. The van der Waals surface area contributed by atoms with E-state index in [4.69, 9.17) is 17.4 Å². The van der Waals surface area contributed by atoms with Gasteiger partial charge in [-0.1, -0.05) is 17.7 Å². The van der Waals surface area contributed by atoms with Gasteiger partial charge in [-0.3, -0.25) is 16.0 Å². The van der Waals surface area contributed by atoms with E-state index in [0.29, 0.717) is 11.4 Å². The molecule has 0 amide bonds. The molecular weight excluding hydrogens is 291 g/mol. The van der Waals surface area contributed by atoms with Crippen molar-refractivity contribution in [2.45, 2.75) is 39.3 Å². The van der Waals surface area contributed by atoms with Crippen molar-refractivity contribution in [1.82, 2.24) is 15.2 Å². The number of rotatable bonds is 6. The molecule has 1 unspecified atom stereocenters. The number of benzene rings is 1. The first-order valence-electron chi connectivity index (χ1n) is 6.96. The van der Waals surface area contributed by atoms with Crippen molar-refractivity contribution in [3.05, 3.63) is 52.1 Å². The predicted octanol–water partition coefficient (Wildman–Crippen LogP) is 2.62. The van der Waals surface area contributed by atoms with Crippen molar-refractivity contribution >= 4 is 11.6 Å². The van der Waals surface area contributed by atoms with Gasteiger partial charge >= 0.3 is 0 Å². The van der Waals surface area contributed by atoms with E-state index < -0.39 is 0 Å². The maximum Gasteiger partial charge on any atom is 0.124 e. The maximum absolute atomic E-state index is 13.1. The Balaban J connectivity index is 2.12. The molecule has 3 N–H and O–H groups in total. The minimum absolute atomic E-state index is 0.00867. The summed E-state index contributed by atoms with van der Waals surface area (Å²) in [6, 6.07) is 6.50. The van der Waals surface area contributed by atoms with Crippen molar-refractivity contribution < 1.29 is 4.39 Å². The molecular formula is C15H20ClFN4. The Morgan fingerprint density at radius 2 is 2.14 bits per heavy atom. The third-order valence-corrected chi connectivity index (χ3v) is 3.81. The van der Waals surface area contributed by atoms with Crippen molar-refractivity contribution in [2.24, 2.45) is 5.84 Å². The Kier molecular flexibility index (Phi) is 5.33. The molecule has 1 heterocycles. The molecule has 0 aliphatic rings. The number of halogens is 2. The average molecular weight is 311 g/mol. The fraction of sp³-hybridized carbons (Fsp3) is 0.400. The molecule has 0 aliphatic carbocycles. The number of nitrogens with two attached hydrogens (primary N) is 1. The summed E-state index contributed by atoms with van der Waals surface area (Å²) in [6.07, 6.45) is 1.36. The topological polar surface area (TPSA) is 55.9 Å². The van der Waals surface area contributed by atoms with Crippen LogP contribution in [0.2, 0.25) is 5.02 Å². The van der Waals surface area contributed by atoms with Crippen LogP contribution in [0.5, 0.6) is 0 Å². The van der Waals surface area contributed by atoms with Crippen molar-refractivity contribution in [2.75, 3.05) is 0 Å². The van der Waals surface area contributed by atoms with Crippen LogP contribution >= 0.6 is 11.6 Å². The first kappa shape index (κ1) is 15.9. The molecule has 0 radical (unpaired) electrons. The lowest BCUT2D eigenvalue weighted by atomic mass is 10.0. The monoisotopic (exact) mass is 310 g/mol. The molecule has 6 heteroatoms. The predicted molar refractivity (Wildman–Crippen MR) is 82.6 cm³/mol. The van der Waals surface area contributed by atoms with Gasteiger partial charge in [0.2, 0.25) is 0 Å². The standard InChI is InChI=1S/C15H20ClFN4/c1-3-21-14(6-10(2)20-21)9-13(19-18)7-11-4-5-12(17)8-15(11)16/h4-6,8,13,19H,3,7,9,18H2,1-2H3. The van der Waals surface area contributed by atoms with E-state index in [-0.39, 0.29) is 11.9 Å². The second-order valence-corrected chi connectivity index (χ2v) is 5.51. The fourth-order valence-corrected chi connectivity index (χ4v) is 2.68. The van der Waals surface area contributed by atoms with Gasteiger partial charge in [0, 0.05) is 29.7 Å². The van der Waals surface area contributed by atoms with Crippen molar-refractivity contribution in [1.29, 1.82) is 0 Å². The Hall–Kier alpha value is -1.43. The van der Waals surface area contributed by atoms with Crippen LogP contribution in [-0.4, -0.2) is 15.8 Å². The van der Waals surface area contributed by atoms with Crippen LogP contribution < -0.4 is 11.3 Å². The third kappa shape index (κ3) is 4.03. The van der Waals surface area contributed by atoms with Gasteiger partial charge in [0.25, 0.3) is 0 Å². The van der Waals surface area contributed by atoms with Gasteiger partial charge in [0.05, 0.1) is 5.69 Å². The molecule has 0 spiro atoms. The fourth-order valence-electron chi connectivity index (χ4n) is 2.43. The van der Waals surface area contributed by atoms with Crippen molar-refractivity contribution in [3.63, 3.8) is 0 Å². The minimum Gasteiger partial charge on any atom is -0.271 e. The SMILES string of the molecule is CCn1nc(C)cc1CC(Cc1ccc(F)cc1Cl)NN. The van der Waals surface area contributed by atoms with Gasteiger partial charge in [0.15, 0.2) is 0 Å². The van der Waals surface area contributed by atoms with Gasteiger partial charge < -0.3 is 0 Å². The lowest BCUT2D eigenvalue weighted by Crippen LogP contribution is -2.39. The lowest BCUT2D eigenvalue weighted by molar-refractivity contribution is 0.495. The highest BCUT2D eigenvalue weighted by atomic mass is 35.5. The van der Waals surface area contributed by atoms with Crippen molar-refractivity contribution in [3.8, 4) is 0 Å². The molecule has 0 bridgehead atoms. The van der Waals surface area contributed by atoms with E-state index in [2.05, 4.69) is 23.5 Å². The molecule has 0 fully saturated rings. The zero-order chi connectivity index (χ0) is 15.4. The van der Waals surface area contributed by atoms with E-state index in [0.717, 1.165) is 29.9 Å². The molecule has 2 rings (SSSR count). The minimum atomic E-state index is -0.333. The maximum atomic E-state index is 13.1. The molecule has 0 aliphatic heterocycles. The van der Waals surface area contributed by atoms with Crippen LogP contribution in [0, 0.1) is 12.7 Å². The van der Waals surface area contributed by atoms with Crippen LogP contribution in [0.25, 0.3) is 0 Å². The van der Waals surface area contributed by atoms with Gasteiger partial charge in [-0.05, 0) is 44.0 Å². The largest absolute Gasteiger partial charge is 0.271 e. The molecule has 0 saturated carbocycles. The summed E-state index contributed by atoms with van der Waals surface area (Å²) in [6.45, 7) is 4.84. The molecule has 2 aromatic rings. The van der Waals surface area contributed by atoms with E-state index in [1.807, 2.05) is 11.6 Å². The van der Waals surface area contributed by atoms with Gasteiger partial charge in [0.1, 0.15) is 5.82 Å². The van der Waals surface area contributed by atoms with Crippen LogP contribution in [0.1, 0.15) is 23.9 Å². The van der Waals surface area contributed by atoms with Crippen LogP contribution in [0.4, 0.5) is 4.39 Å². The highest BCUT2D eigenvalue weighted by Gasteiger charge is 2.14. The quantitative estimate of drug-likeness (QED) is 0.637. The first-order chi connectivity index (χ1) is 10.0. The smallest absolute Gasteiger partial charge is 0.124 e. The highest BCUT2D eigenvalue weighted by Crippen LogP contribution is 2.20. The number of hydrazine groups is 1. The molecule has 4 nitrogen and oxygen atoms in total. The summed E-state index contributed by atoms with van der Waals surface area (Å²) in [5, 5.41) is 4.85. The molecule has 21 heavy (non-hydrogen) atoms. The molecule has 114 valence electrons. The second-order valence-electron chi connectivity index (χ2n) is 5.10.